The van der Waals surface area contributed by atoms with Gasteiger partial charge in [0.15, 0.2) is 0 Å². The highest BCUT2D eigenvalue weighted by atomic mass is 19.4. The quantitative estimate of drug-likeness (QED) is 0.398. The van der Waals surface area contributed by atoms with Crippen molar-refractivity contribution in [3.63, 3.8) is 0 Å². The minimum absolute atomic E-state index is 0.346. The van der Waals surface area contributed by atoms with Crippen molar-refractivity contribution in [3.8, 4) is 11.8 Å². The molecular weight excluding hydrogens is 405 g/mol. The maximum atomic E-state index is 13.2. The zero-order valence-corrected chi connectivity index (χ0v) is 17.2. The Labute approximate surface area is 180 Å². The van der Waals surface area contributed by atoms with Crippen molar-refractivity contribution in [1.82, 2.24) is 0 Å². The molecule has 3 rings (SSSR count). The smallest absolute Gasteiger partial charge is 0.417 e. The number of halogens is 3. The van der Waals surface area contributed by atoms with E-state index in [-0.39, 0.29) is 5.56 Å². The van der Waals surface area contributed by atoms with Gasteiger partial charge in [-0.15, -0.1) is 0 Å². The first-order valence-electron chi connectivity index (χ1n) is 10.4. The number of benzene rings is 2. The van der Waals surface area contributed by atoms with Crippen LogP contribution in [0.4, 0.5) is 18.9 Å². The monoisotopic (exact) mass is 430 g/mol. The minimum Gasteiger partial charge on any atom is -0.494 e. The molecule has 0 radical (unpaired) electrons. The minimum atomic E-state index is -4.54. The second-order valence-corrected chi connectivity index (χ2v) is 7.68. The summed E-state index contributed by atoms with van der Waals surface area (Å²) in [6.07, 6.45) is 0.268. The average Bonchev–Trinajstić information content (AvgIpc) is 2.78. The highest BCUT2D eigenvalue weighted by molar-refractivity contribution is 5.55. The van der Waals surface area contributed by atoms with E-state index in [4.69, 9.17) is 10.00 Å². The van der Waals surface area contributed by atoms with E-state index in [9.17, 15) is 18.0 Å². The van der Waals surface area contributed by atoms with Gasteiger partial charge in [-0.1, -0.05) is 12.1 Å². The molecule has 0 N–H and O–H groups in total. The van der Waals surface area contributed by atoms with E-state index in [1.807, 2.05) is 29.2 Å². The summed E-state index contributed by atoms with van der Waals surface area (Å²) >= 11 is 0. The molecule has 1 saturated heterocycles. The lowest BCUT2D eigenvalue weighted by Gasteiger charge is -2.34. The second-order valence-electron chi connectivity index (χ2n) is 7.68. The van der Waals surface area contributed by atoms with Gasteiger partial charge in [-0.2, -0.15) is 18.4 Å². The highest BCUT2D eigenvalue weighted by Gasteiger charge is 2.34. The largest absolute Gasteiger partial charge is 0.494 e. The molecule has 7 heteroatoms. The number of nitrogens with zero attached hydrogens (tertiary/aromatic N) is 2. The number of carbonyl (C=O) groups excluding carboxylic acids is 1. The molecule has 0 unspecified atom stereocenters. The number of anilines is 1. The number of hydrogen-bond acceptors (Lipinski definition) is 4. The molecule has 0 aliphatic carbocycles. The Morgan fingerprint density at radius 1 is 1.10 bits per heavy atom. The highest BCUT2D eigenvalue weighted by Crippen LogP contribution is 2.36. The van der Waals surface area contributed by atoms with Crippen molar-refractivity contribution in [2.24, 2.45) is 0 Å². The molecule has 1 aliphatic rings. The molecule has 4 nitrogen and oxygen atoms in total. The molecule has 0 amide bonds. The fraction of sp³-hybridized carbons (Fsp3) is 0.417. The third kappa shape index (κ3) is 6.00. The normalized spacial score (nSPS) is 14.8. The van der Waals surface area contributed by atoms with Crippen LogP contribution in [0.15, 0.2) is 42.5 Å². The van der Waals surface area contributed by atoms with Crippen LogP contribution >= 0.6 is 0 Å². The number of nitriles is 1. The van der Waals surface area contributed by atoms with Gasteiger partial charge in [0.25, 0.3) is 0 Å². The van der Waals surface area contributed by atoms with Gasteiger partial charge in [-0.3, -0.25) is 0 Å². The van der Waals surface area contributed by atoms with Gasteiger partial charge in [0.1, 0.15) is 12.0 Å². The summed E-state index contributed by atoms with van der Waals surface area (Å²) in [5, 5.41) is 8.96. The van der Waals surface area contributed by atoms with Crippen LogP contribution in [0.3, 0.4) is 0 Å². The number of rotatable bonds is 8. The first kappa shape index (κ1) is 22.7. The van der Waals surface area contributed by atoms with Gasteiger partial charge in [-0.25, -0.2) is 0 Å². The summed E-state index contributed by atoms with van der Waals surface area (Å²) in [6.45, 7) is 1.89. The lowest BCUT2D eigenvalue weighted by Crippen LogP contribution is -2.33. The molecule has 31 heavy (non-hydrogen) atoms. The molecule has 2 aromatic rings. The fourth-order valence-electron chi connectivity index (χ4n) is 3.89. The fourth-order valence-corrected chi connectivity index (χ4v) is 3.89. The van der Waals surface area contributed by atoms with Crippen LogP contribution in [0, 0.1) is 11.3 Å². The third-order valence-electron chi connectivity index (χ3n) is 5.63. The third-order valence-corrected chi connectivity index (χ3v) is 5.63. The van der Waals surface area contributed by atoms with Gasteiger partial charge < -0.3 is 14.4 Å². The molecular formula is C24H25F3N2O2. The zero-order valence-electron chi connectivity index (χ0n) is 17.2. The maximum Gasteiger partial charge on any atom is 0.417 e. The van der Waals surface area contributed by atoms with Crippen molar-refractivity contribution in [1.29, 1.82) is 5.26 Å². The van der Waals surface area contributed by atoms with Crippen LogP contribution in [-0.4, -0.2) is 26.0 Å². The summed E-state index contributed by atoms with van der Waals surface area (Å²) in [7, 11) is 0. The molecule has 0 atom stereocenters. The summed E-state index contributed by atoms with van der Waals surface area (Å²) < 4.78 is 45.4. The average molecular weight is 430 g/mol. The van der Waals surface area contributed by atoms with Gasteiger partial charge in [0.05, 0.1) is 23.8 Å². The summed E-state index contributed by atoms with van der Waals surface area (Å²) in [6, 6.07) is 13.5. The molecule has 1 heterocycles. The molecule has 1 fully saturated rings. The molecule has 2 aromatic carbocycles. The summed E-state index contributed by atoms with van der Waals surface area (Å²) in [5.41, 5.74) is 0.473. The van der Waals surface area contributed by atoms with E-state index in [0.29, 0.717) is 37.7 Å². The van der Waals surface area contributed by atoms with Crippen LogP contribution in [0.25, 0.3) is 0 Å². The van der Waals surface area contributed by atoms with Crippen LogP contribution in [0.1, 0.15) is 54.7 Å². The predicted molar refractivity (Wildman–Crippen MR) is 112 cm³/mol. The SMILES string of the molecule is N#Cc1ccc(N2CCC(c3ccc(OCCCCC=O)cc3)CC2)cc1C(F)(F)F. The first-order chi connectivity index (χ1) is 14.9. The number of aldehydes is 1. The van der Waals surface area contributed by atoms with Crippen molar-refractivity contribution >= 4 is 12.0 Å². The van der Waals surface area contributed by atoms with Crippen LogP contribution in [0.2, 0.25) is 0 Å². The van der Waals surface area contributed by atoms with Crippen LogP contribution in [0.5, 0.6) is 5.75 Å². The Kier molecular flexibility index (Phi) is 7.56. The maximum absolute atomic E-state index is 13.2. The Morgan fingerprint density at radius 2 is 1.81 bits per heavy atom. The van der Waals surface area contributed by atoms with Gasteiger partial charge in [0, 0.05) is 25.2 Å². The van der Waals surface area contributed by atoms with Gasteiger partial charge in [0.2, 0.25) is 0 Å². The first-order valence-corrected chi connectivity index (χ1v) is 10.4. The Balaban J connectivity index is 1.56. The standard InChI is InChI=1S/C24H25F3N2O2/c25-24(26,27)23-16-21(7-4-20(23)17-28)29-12-10-19(11-13-29)18-5-8-22(9-6-18)31-15-3-1-2-14-30/h4-9,14,16,19H,1-3,10-13,15H2. The lowest BCUT2D eigenvalue weighted by atomic mass is 9.89. The number of carbonyl (C=O) groups is 1. The molecule has 1 aliphatic heterocycles. The molecule has 0 bridgehead atoms. The van der Waals surface area contributed by atoms with E-state index in [1.54, 1.807) is 12.1 Å². The number of ether oxygens (including phenoxy) is 1. The number of unbranched alkanes of at least 4 members (excludes halogenated alkanes) is 2. The van der Waals surface area contributed by atoms with Crippen molar-refractivity contribution in [2.75, 3.05) is 24.6 Å². The van der Waals surface area contributed by atoms with E-state index in [0.717, 1.165) is 43.8 Å². The zero-order chi connectivity index (χ0) is 22.3. The van der Waals surface area contributed by atoms with E-state index in [1.165, 1.54) is 11.6 Å². The molecule has 0 saturated carbocycles. The van der Waals surface area contributed by atoms with Crippen molar-refractivity contribution < 1.29 is 22.7 Å². The van der Waals surface area contributed by atoms with Crippen molar-refractivity contribution in [3.05, 3.63) is 59.2 Å². The lowest BCUT2D eigenvalue weighted by molar-refractivity contribution is -0.137. The Morgan fingerprint density at radius 3 is 2.42 bits per heavy atom. The molecule has 0 aromatic heterocycles. The summed E-state index contributed by atoms with van der Waals surface area (Å²) in [4.78, 5) is 12.3. The summed E-state index contributed by atoms with van der Waals surface area (Å²) in [5.74, 6) is 1.14. The van der Waals surface area contributed by atoms with Crippen LogP contribution in [-0.2, 0) is 11.0 Å². The van der Waals surface area contributed by atoms with E-state index >= 15 is 0 Å². The van der Waals surface area contributed by atoms with E-state index in [2.05, 4.69) is 0 Å². The Bertz CT molecular complexity index is 912. The number of piperidine rings is 1. The number of alkyl halides is 3. The Hall–Kier alpha value is -3.01. The van der Waals surface area contributed by atoms with Gasteiger partial charge >= 0.3 is 6.18 Å². The number of hydrogen-bond donors (Lipinski definition) is 0. The topological polar surface area (TPSA) is 53.3 Å². The predicted octanol–water partition coefficient (Wildman–Crippen LogP) is 5.71. The van der Waals surface area contributed by atoms with Gasteiger partial charge in [-0.05, 0) is 67.5 Å². The second kappa shape index (κ2) is 10.3. The molecule has 0 spiro atoms. The van der Waals surface area contributed by atoms with Crippen LogP contribution < -0.4 is 9.64 Å². The van der Waals surface area contributed by atoms with E-state index < -0.39 is 11.7 Å². The molecule has 164 valence electrons. The van der Waals surface area contributed by atoms with Crippen molar-refractivity contribution in [2.45, 2.75) is 44.2 Å².